The van der Waals surface area contributed by atoms with Crippen LogP contribution in [0.2, 0.25) is 0 Å². The van der Waals surface area contributed by atoms with E-state index in [-0.39, 0.29) is 12.1 Å². The summed E-state index contributed by atoms with van der Waals surface area (Å²) in [5.74, 6) is 1.95. The number of anilines is 1. The molecule has 1 heterocycles. The second-order valence-electron chi connectivity index (χ2n) is 4.97. The van der Waals surface area contributed by atoms with E-state index >= 15 is 0 Å². The lowest BCUT2D eigenvalue weighted by molar-refractivity contribution is 0.172. The van der Waals surface area contributed by atoms with Gasteiger partial charge in [0.15, 0.2) is 0 Å². The fraction of sp³-hybridized carbons (Fsp3) is 0.692. The zero-order chi connectivity index (χ0) is 13.0. The predicted molar refractivity (Wildman–Crippen MR) is 69.8 cm³/mol. The molecule has 0 spiro atoms. The number of nitrogens with zero attached hydrogens (tertiary/aromatic N) is 2. The molecular weight excluding hydrogens is 230 g/mol. The van der Waals surface area contributed by atoms with Crippen LogP contribution in [0.1, 0.15) is 37.9 Å². The van der Waals surface area contributed by atoms with E-state index in [1.807, 2.05) is 6.92 Å². The van der Waals surface area contributed by atoms with Gasteiger partial charge in [0.25, 0.3) is 0 Å². The van der Waals surface area contributed by atoms with Crippen molar-refractivity contribution >= 4 is 5.82 Å². The lowest BCUT2D eigenvalue weighted by Gasteiger charge is -2.37. The number of aliphatic hydroxyl groups is 1. The first-order chi connectivity index (χ1) is 8.67. The van der Waals surface area contributed by atoms with Gasteiger partial charge in [-0.25, -0.2) is 4.98 Å². The van der Waals surface area contributed by atoms with Gasteiger partial charge in [-0.15, -0.1) is 0 Å². The average molecular weight is 251 g/mol. The van der Waals surface area contributed by atoms with Crippen LogP contribution in [0, 0.1) is 6.92 Å². The maximum atomic E-state index is 9.66. The smallest absolute Gasteiger partial charge is 0.218 e. The summed E-state index contributed by atoms with van der Waals surface area (Å²) < 4.78 is 5.14. The summed E-state index contributed by atoms with van der Waals surface area (Å²) in [4.78, 5) is 8.51. The number of rotatable bonds is 4. The highest BCUT2D eigenvalue weighted by Crippen LogP contribution is 2.31. The molecular formula is C13H21N3O2. The van der Waals surface area contributed by atoms with Gasteiger partial charge < -0.3 is 15.2 Å². The third kappa shape index (κ3) is 2.90. The van der Waals surface area contributed by atoms with Crippen molar-refractivity contribution in [2.75, 3.05) is 19.0 Å². The van der Waals surface area contributed by atoms with Gasteiger partial charge in [-0.05, 0) is 19.8 Å². The second kappa shape index (κ2) is 5.52. The van der Waals surface area contributed by atoms with Gasteiger partial charge in [0.1, 0.15) is 11.6 Å². The molecule has 1 aliphatic rings. The van der Waals surface area contributed by atoms with Crippen LogP contribution in [-0.4, -0.2) is 34.3 Å². The first-order valence-corrected chi connectivity index (χ1v) is 6.46. The Morgan fingerprint density at radius 3 is 2.67 bits per heavy atom. The minimum absolute atomic E-state index is 0.137. The summed E-state index contributed by atoms with van der Waals surface area (Å²) in [6.07, 6.45) is 5.50. The van der Waals surface area contributed by atoms with Crippen molar-refractivity contribution in [2.45, 2.75) is 44.6 Å². The van der Waals surface area contributed by atoms with Crippen LogP contribution in [0.4, 0.5) is 5.82 Å². The Labute approximate surface area is 108 Å². The molecule has 1 aromatic heterocycles. The molecule has 18 heavy (non-hydrogen) atoms. The zero-order valence-electron chi connectivity index (χ0n) is 11.1. The predicted octanol–water partition coefficient (Wildman–Crippen LogP) is 1.90. The lowest BCUT2D eigenvalue weighted by atomic mass is 9.82. The molecule has 0 amide bonds. The number of ether oxygens (including phenoxy) is 1. The summed E-state index contributed by atoms with van der Waals surface area (Å²) in [5.41, 5.74) is -0.232. The summed E-state index contributed by atoms with van der Waals surface area (Å²) in [6, 6.07) is 1.78. The fourth-order valence-electron chi connectivity index (χ4n) is 2.53. The standard InChI is InChI=1S/C13H21N3O2/c1-10-14-11(8-12(15-10)18-2)16-13(9-17)6-4-3-5-7-13/h8,17H,3-7,9H2,1-2H3,(H,14,15,16). The van der Waals surface area contributed by atoms with Crippen molar-refractivity contribution in [3.8, 4) is 5.88 Å². The van der Waals surface area contributed by atoms with E-state index in [4.69, 9.17) is 4.74 Å². The lowest BCUT2D eigenvalue weighted by Crippen LogP contribution is -2.44. The van der Waals surface area contributed by atoms with Crippen molar-refractivity contribution in [2.24, 2.45) is 0 Å². The molecule has 1 aliphatic carbocycles. The first-order valence-electron chi connectivity index (χ1n) is 6.46. The Kier molecular flexibility index (Phi) is 4.01. The van der Waals surface area contributed by atoms with E-state index in [1.54, 1.807) is 13.2 Å². The molecule has 0 aliphatic heterocycles. The number of nitrogens with one attached hydrogen (secondary N) is 1. The molecule has 0 atom stereocenters. The van der Waals surface area contributed by atoms with Crippen LogP contribution in [0.3, 0.4) is 0 Å². The van der Waals surface area contributed by atoms with E-state index in [1.165, 1.54) is 6.42 Å². The van der Waals surface area contributed by atoms with Crippen LogP contribution in [0.15, 0.2) is 6.07 Å². The van der Waals surface area contributed by atoms with E-state index in [2.05, 4.69) is 15.3 Å². The number of methoxy groups -OCH3 is 1. The normalized spacial score (nSPS) is 18.4. The zero-order valence-corrected chi connectivity index (χ0v) is 11.1. The SMILES string of the molecule is COc1cc(NC2(CO)CCCCC2)nc(C)n1. The summed E-state index contributed by atoms with van der Waals surface area (Å²) >= 11 is 0. The van der Waals surface area contributed by atoms with Crippen LogP contribution in [-0.2, 0) is 0 Å². The molecule has 0 aromatic carbocycles. The van der Waals surface area contributed by atoms with E-state index < -0.39 is 0 Å². The Hall–Kier alpha value is -1.36. The number of hydrogen-bond acceptors (Lipinski definition) is 5. The monoisotopic (exact) mass is 251 g/mol. The molecule has 0 radical (unpaired) electrons. The summed E-state index contributed by atoms with van der Waals surface area (Å²) in [6.45, 7) is 1.97. The maximum Gasteiger partial charge on any atom is 0.218 e. The molecule has 1 aromatic rings. The van der Waals surface area contributed by atoms with Crippen LogP contribution < -0.4 is 10.1 Å². The molecule has 1 fully saturated rings. The molecule has 2 rings (SSSR count). The maximum absolute atomic E-state index is 9.66. The Balaban J connectivity index is 2.18. The number of aryl methyl sites for hydroxylation is 1. The van der Waals surface area contributed by atoms with Gasteiger partial charge in [-0.2, -0.15) is 4.98 Å². The minimum atomic E-state index is -0.232. The van der Waals surface area contributed by atoms with Gasteiger partial charge in [0, 0.05) is 6.07 Å². The molecule has 5 heteroatoms. The van der Waals surface area contributed by atoms with Crippen molar-refractivity contribution in [1.82, 2.24) is 9.97 Å². The first kappa shape index (κ1) is 13.1. The van der Waals surface area contributed by atoms with Gasteiger partial charge >= 0.3 is 0 Å². The summed E-state index contributed by atoms with van der Waals surface area (Å²) in [7, 11) is 1.59. The van der Waals surface area contributed by atoms with Crippen LogP contribution in [0.5, 0.6) is 5.88 Å². The van der Waals surface area contributed by atoms with E-state index in [9.17, 15) is 5.11 Å². The Morgan fingerprint density at radius 2 is 2.06 bits per heavy atom. The van der Waals surface area contributed by atoms with Gasteiger partial charge in [0.2, 0.25) is 5.88 Å². The fourth-order valence-corrected chi connectivity index (χ4v) is 2.53. The van der Waals surface area contributed by atoms with E-state index in [0.29, 0.717) is 11.7 Å². The van der Waals surface area contributed by atoms with E-state index in [0.717, 1.165) is 31.5 Å². The molecule has 100 valence electrons. The van der Waals surface area contributed by atoms with Crippen molar-refractivity contribution in [3.05, 3.63) is 11.9 Å². The summed E-state index contributed by atoms with van der Waals surface area (Å²) in [5, 5.41) is 13.0. The van der Waals surface area contributed by atoms with Gasteiger partial charge in [0.05, 0.1) is 19.3 Å². The minimum Gasteiger partial charge on any atom is -0.481 e. The second-order valence-corrected chi connectivity index (χ2v) is 4.97. The van der Waals surface area contributed by atoms with Gasteiger partial charge in [-0.3, -0.25) is 0 Å². The highest BCUT2D eigenvalue weighted by molar-refractivity contribution is 5.41. The molecule has 5 nitrogen and oxygen atoms in total. The van der Waals surface area contributed by atoms with Crippen LogP contribution >= 0.6 is 0 Å². The molecule has 0 saturated heterocycles. The molecule has 1 saturated carbocycles. The third-order valence-corrected chi connectivity index (χ3v) is 3.53. The van der Waals surface area contributed by atoms with Crippen molar-refractivity contribution in [3.63, 3.8) is 0 Å². The molecule has 2 N–H and O–H groups in total. The van der Waals surface area contributed by atoms with Crippen molar-refractivity contribution < 1.29 is 9.84 Å². The average Bonchev–Trinajstić information content (AvgIpc) is 2.39. The number of aromatic nitrogens is 2. The molecule has 0 bridgehead atoms. The quantitative estimate of drug-likeness (QED) is 0.855. The Morgan fingerprint density at radius 1 is 1.33 bits per heavy atom. The van der Waals surface area contributed by atoms with Gasteiger partial charge in [-0.1, -0.05) is 19.3 Å². The topological polar surface area (TPSA) is 67.3 Å². The Bertz CT molecular complexity index is 403. The largest absolute Gasteiger partial charge is 0.481 e. The van der Waals surface area contributed by atoms with Crippen molar-refractivity contribution in [1.29, 1.82) is 0 Å². The third-order valence-electron chi connectivity index (χ3n) is 3.53. The highest BCUT2D eigenvalue weighted by atomic mass is 16.5. The molecule has 0 unspecified atom stereocenters. The number of hydrogen-bond donors (Lipinski definition) is 2. The highest BCUT2D eigenvalue weighted by Gasteiger charge is 2.31. The van der Waals surface area contributed by atoms with Crippen LogP contribution in [0.25, 0.3) is 0 Å². The number of aliphatic hydroxyl groups excluding tert-OH is 1.